The lowest BCUT2D eigenvalue weighted by atomic mass is 9.83. The molecule has 1 saturated carbocycles. The summed E-state index contributed by atoms with van der Waals surface area (Å²) in [6.45, 7) is 0. The van der Waals surface area contributed by atoms with Gasteiger partial charge in [-0.2, -0.15) is 0 Å². The molecule has 2 bridgehead atoms. The Morgan fingerprint density at radius 2 is 1.83 bits per heavy atom. The highest BCUT2D eigenvalue weighted by Crippen LogP contribution is 2.31. The Morgan fingerprint density at radius 1 is 0.917 bits per heavy atom. The molecule has 1 fully saturated rings. The monoisotopic (exact) mass is 164 g/mol. The summed E-state index contributed by atoms with van der Waals surface area (Å²) in [6, 6.07) is 0. The molecule has 2 aliphatic rings. The van der Waals surface area contributed by atoms with Crippen molar-refractivity contribution in [2.45, 2.75) is 57.8 Å². The second kappa shape index (κ2) is 4.11. The van der Waals surface area contributed by atoms with E-state index >= 15 is 0 Å². The number of hydrogen-bond donors (Lipinski definition) is 0. The van der Waals surface area contributed by atoms with Gasteiger partial charge in [0.15, 0.2) is 0 Å². The molecule has 0 nitrogen and oxygen atoms in total. The third kappa shape index (κ3) is 2.12. The lowest BCUT2D eigenvalue weighted by molar-refractivity contribution is 0.370. The highest BCUT2D eigenvalue weighted by Gasteiger charge is 2.14. The first-order valence-electron chi connectivity index (χ1n) is 5.63. The van der Waals surface area contributed by atoms with Gasteiger partial charge in [0.1, 0.15) is 0 Å². The zero-order chi connectivity index (χ0) is 8.23. The molecule has 0 saturated heterocycles. The normalized spacial score (nSPS) is 31.3. The van der Waals surface area contributed by atoms with Crippen LogP contribution in [0.1, 0.15) is 57.8 Å². The Morgan fingerprint density at radius 3 is 2.83 bits per heavy atom. The molecule has 0 aromatic carbocycles. The molecule has 1 unspecified atom stereocenters. The van der Waals surface area contributed by atoms with Gasteiger partial charge >= 0.3 is 0 Å². The van der Waals surface area contributed by atoms with Crippen LogP contribution in [0.15, 0.2) is 11.6 Å². The zero-order valence-electron chi connectivity index (χ0n) is 8.02. The van der Waals surface area contributed by atoms with Gasteiger partial charge in [0.05, 0.1) is 0 Å². The van der Waals surface area contributed by atoms with Crippen LogP contribution >= 0.6 is 0 Å². The number of fused-ring (bicyclic) bond motifs is 3. The van der Waals surface area contributed by atoms with Crippen LogP contribution in [-0.2, 0) is 0 Å². The molecule has 68 valence electrons. The number of rotatable bonds is 0. The van der Waals surface area contributed by atoms with E-state index in [2.05, 4.69) is 6.08 Å². The maximum absolute atomic E-state index is 2.53. The van der Waals surface area contributed by atoms with Crippen molar-refractivity contribution >= 4 is 0 Å². The Bertz CT molecular complexity index is 167. The molecule has 0 spiro atoms. The summed E-state index contributed by atoms with van der Waals surface area (Å²) < 4.78 is 0. The summed E-state index contributed by atoms with van der Waals surface area (Å²) in [5.41, 5.74) is 1.78. The molecular formula is C12H20. The number of allylic oxidation sites excluding steroid dienone is 2. The molecule has 0 heteroatoms. The van der Waals surface area contributed by atoms with Gasteiger partial charge in [-0.25, -0.2) is 0 Å². The van der Waals surface area contributed by atoms with Crippen LogP contribution < -0.4 is 0 Å². The maximum atomic E-state index is 2.53. The van der Waals surface area contributed by atoms with Crippen LogP contribution in [0.25, 0.3) is 0 Å². The molecule has 0 aliphatic heterocycles. The van der Waals surface area contributed by atoms with Gasteiger partial charge in [-0.3, -0.25) is 0 Å². The summed E-state index contributed by atoms with van der Waals surface area (Å²) in [6.07, 6.45) is 15.6. The summed E-state index contributed by atoms with van der Waals surface area (Å²) in [4.78, 5) is 0. The van der Waals surface area contributed by atoms with Crippen molar-refractivity contribution in [2.75, 3.05) is 0 Å². The first kappa shape index (κ1) is 8.34. The summed E-state index contributed by atoms with van der Waals surface area (Å²) in [7, 11) is 0. The molecule has 0 radical (unpaired) electrons. The van der Waals surface area contributed by atoms with Crippen LogP contribution in [0, 0.1) is 5.92 Å². The van der Waals surface area contributed by atoms with E-state index in [-0.39, 0.29) is 0 Å². The van der Waals surface area contributed by atoms with Crippen molar-refractivity contribution in [2.24, 2.45) is 5.92 Å². The van der Waals surface area contributed by atoms with E-state index < -0.39 is 0 Å². The lowest BCUT2D eigenvalue weighted by Crippen LogP contribution is -2.07. The Balaban J connectivity index is 2.04. The van der Waals surface area contributed by atoms with Crippen molar-refractivity contribution in [3.8, 4) is 0 Å². The average molecular weight is 164 g/mol. The minimum atomic E-state index is 1.08. The van der Waals surface area contributed by atoms with E-state index in [4.69, 9.17) is 0 Å². The molecule has 2 aliphatic carbocycles. The van der Waals surface area contributed by atoms with Crippen molar-refractivity contribution < 1.29 is 0 Å². The third-order valence-corrected chi connectivity index (χ3v) is 3.48. The fourth-order valence-electron chi connectivity index (χ4n) is 2.65. The van der Waals surface area contributed by atoms with E-state index in [1.807, 2.05) is 0 Å². The zero-order valence-corrected chi connectivity index (χ0v) is 8.02. The largest absolute Gasteiger partial charge is 0.0853 e. The molecule has 12 heavy (non-hydrogen) atoms. The van der Waals surface area contributed by atoms with Crippen LogP contribution in [0.5, 0.6) is 0 Å². The summed E-state index contributed by atoms with van der Waals surface area (Å²) >= 11 is 0. The van der Waals surface area contributed by atoms with Crippen LogP contribution in [0.2, 0.25) is 0 Å². The fraction of sp³-hybridized carbons (Fsp3) is 0.833. The first-order chi connectivity index (χ1) is 5.95. The standard InChI is InChI=1S/C12H20/c1-2-6-12-8-4-3-7-11(5-1)9-10-12/h5,12H,1-4,6-10H2. The van der Waals surface area contributed by atoms with Gasteiger partial charge in [-0.1, -0.05) is 30.9 Å². The summed E-state index contributed by atoms with van der Waals surface area (Å²) in [5, 5.41) is 0. The second-order valence-electron chi connectivity index (χ2n) is 4.44. The quantitative estimate of drug-likeness (QED) is 0.473. The Kier molecular flexibility index (Phi) is 2.86. The molecule has 2 rings (SSSR count). The van der Waals surface area contributed by atoms with Crippen molar-refractivity contribution in [1.29, 1.82) is 0 Å². The molecular weight excluding hydrogens is 144 g/mol. The van der Waals surface area contributed by atoms with Gasteiger partial charge in [-0.05, 0) is 44.4 Å². The minimum Gasteiger partial charge on any atom is -0.0853 e. The van der Waals surface area contributed by atoms with E-state index in [0.29, 0.717) is 0 Å². The summed E-state index contributed by atoms with van der Waals surface area (Å²) in [5.74, 6) is 1.08. The molecule has 0 heterocycles. The van der Waals surface area contributed by atoms with Crippen LogP contribution in [0.4, 0.5) is 0 Å². The van der Waals surface area contributed by atoms with E-state index in [9.17, 15) is 0 Å². The Labute approximate surface area is 76.1 Å². The van der Waals surface area contributed by atoms with Gasteiger partial charge in [0, 0.05) is 0 Å². The Hall–Kier alpha value is -0.260. The topological polar surface area (TPSA) is 0 Å². The van der Waals surface area contributed by atoms with Gasteiger partial charge in [0.2, 0.25) is 0 Å². The van der Waals surface area contributed by atoms with E-state index in [1.54, 1.807) is 5.57 Å². The lowest BCUT2D eigenvalue weighted by Gasteiger charge is -2.23. The van der Waals surface area contributed by atoms with Gasteiger partial charge < -0.3 is 0 Å². The highest BCUT2D eigenvalue weighted by atomic mass is 14.2. The molecule has 0 aromatic rings. The van der Waals surface area contributed by atoms with Crippen molar-refractivity contribution in [3.63, 3.8) is 0 Å². The average Bonchev–Trinajstić information content (AvgIpc) is 2.03. The van der Waals surface area contributed by atoms with E-state index in [0.717, 1.165) is 5.92 Å². The van der Waals surface area contributed by atoms with Gasteiger partial charge in [0.25, 0.3) is 0 Å². The van der Waals surface area contributed by atoms with Gasteiger partial charge in [-0.15, -0.1) is 0 Å². The van der Waals surface area contributed by atoms with Crippen LogP contribution in [0.3, 0.4) is 0 Å². The predicted octanol–water partition coefficient (Wildman–Crippen LogP) is 4.07. The van der Waals surface area contributed by atoms with Crippen molar-refractivity contribution in [1.82, 2.24) is 0 Å². The minimum absolute atomic E-state index is 1.08. The highest BCUT2D eigenvalue weighted by molar-refractivity contribution is 5.04. The second-order valence-corrected chi connectivity index (χ2v) is 4.44. The fourth-order valence-corrected chi connectivity index (χ4v) is 2.65. The SMILES string of the molecule is C1=C2CCCCC(CCC1)CC2. The van der Waals surface area contributed by atoms with Crippen molar-refractivity contribution in [3.05, 3.63) is 11.6 Å². The molecule has 0 aromatic heterocycles. The number of hydrogen-bond acceptors (Lipinski definition) is 0. The molecule has 1 atom stereocenters. The molecule has 0 amide bonds. The smallest absolute Gasteiger partial charge is 0.0318 e. The maximum Gasteiger partial charge on any atom is -0.0318 e. The third-order valence-electron chi connectivity index (χ3n) is 3.48. The van der Waals surface area contributed by atoms with E-state index in [1.165, 1.54) is 57.8 Å². The molecule has 0 N–H and O–H groups in total. The predicted molar refractivity (Wildman–Crippen MR) is 53.1 cm³/mol. The van der Waals surface area contributed by atoms with Crippen LogP contribution in [-0.4, -0.2) is 0 Å². The first-order valence-corrected chi connectivity index (χ1v) is 5.63.